The van der Waals surface area contributed by atoms with Crippen LogP contribution in [-0.4, -0.2) is 17.6 Å². The number of methoxy groups -OCH3 is 1. The molecule has 2 heterocycles. The van der Waals surface area contributed by atoms with Gasteiger partial charge in [0, 0.05) is 11.3 Å². The Kier molecular flexibility index (Phi) is 9.37. The van der Waals surface area contributed by atoms with Crippen molar-refractivity contribution in [2.75, 3.05) is 12.4 Å². The van der Waals surface area contributed by atoms with Crippen LogP contribution in [0.4, 0.5) is 5.69 Å². The topological polar surface area (TPSA) is 106 Å². The van der Waals surface area contributed by atoms with Gasteiger partial charge in [0.05, 0.1) is 40.6 Å². The number of nitriles is 1. The van der Waals surface area contributed by atoms with Crippen LogP contribution in [0.3, 0.4) is 0 Å². The van der Waals surface area contributed by atoms with Crippen molar-refractivity contribution in [2.45, 2.75) is 39.3 Å². The molecule has 5 aromatic rings. The van der Waals surface area contributed by atoms with Crippen molar-refractivity contribution in [1.82, 2.24) is 4.57 Å². The van der Waals surface area contributed by atoms with Crippen molar-refractivity contribution >= 4 is 29.0 Å². The van der Waals surface area contributed by atoms with Crippen LogP contribution in [0.15, 0.2) is 118 Å². The maximum Gasteiger partial charge on any atom is 0.271 e. The fraction of sp³-hybridized carbons (Fsp3) is 0.179. The summed E-state index contributed by atoms with van der Waals surface area (Å²) in [6.07, 6.45) is 1.79. The Balaban J connectivity index is 1.38. The lowest BCUT2D eigenvalue weighted by atomic mass is 9.93. The minimum atomic E-state index is -0.671. The Hall–Kier alpha value is -5.72. The van der Waals surface area contributed by atoms with E-state index in [0.717, 1.165) is 22.3 Å². The maximum atomic E-state index is 14.2. The number of hydrogen-bond acceptors (Lipinski definition) is 7. The molecular weight excluding hydrogens is 621 g/mol. The Morgan fingerprint density at radius 1 is 1.02 bits per heavy atom. The zero-order chi connectivity index (χ0) is 33.8. The lowest BCUT2D eigenvalue weighted by molar-refractivity contribution is -0.113. The fourth-order valence-corrected chi connectivity index (χ4v) is 6.71. The fourth-order valence-electron chi connectivity index (χ4n) is 5.67. The van der Waals surface area contributed by atoms with Crippen LogP contribution >= 0.6 is 11.3 Å². The number of hydrogen-bond donors (Lipinski definition) is 1. The van der Waals surface area contributed by atoms with E-state index in [1.807, 2.05) is 85.8 Å². The summed E-state index contributed by atoms with van der Waals surface area (Å²) in [6.45, 7) is 6.27. The minimum absolute atomic E-state index is 0.204. The van der Waals surface area contributed by atoms with E-state index in [1.54, 1.807) is 36.0 Å². The van der Waals surface area contributed by atoms with Gasteiger partial charge in [-0.15, -0.1) is 0 Å². The quantitative estimate of drug-likeness (QED) is 0.197. The van der Waals surface area contributed by atoms with Crippen molar-refractivity contribution in [3.63, 3.8) is 0 Å². The molecule has 1 N–H and O–H groups in total. The molecule has 1 atom stereocenters. The molecule has 0 radical (unpaired) electrons. The van der Waals surface area contributed by atoms with Crippen LogP contribution in [0.2, 0.25) is 0 Å². The average molecular weight is 655 g/mol. The first kappa shape index (κ1) is 32.2. The number of carbonyl (C=O) groups excluding carboxylic acids is 1. The van der Waals surface area contributed by atoms with Crippen LogP contribution in [0.1, 0.15) is 60.5 Å². The second kappa shape index (κ2) is 14.0. The Morgan fingerprint density at radius 3 is 2.46 bits per heavy atom. The number of benzene rings is 4. The molecule has 0 spiro atoms. The molecule has 0 fully saturated rings. The van der Waals surface area contributed by atoms with Gasteiger partial charge in [-0.1, -0.05) is 91.9 Å². The van der Waals surface area contributed by atoms with Crippen LogP contribution in [0.5, 0.6) is 11.5 Å². The van der Waals surface area contributed by atoms with Gasteiger partial charge in [-0.3, -0.25) is 14.2 Å². The molecule has 1 aliphatic rings. The Bertz CT molecular complexity index is 2240. The molecule has 8 nitrogen and oxygen atoms in total. The van der Waals surface area contributed by atoms with Gasteiger partial charge >= 0.3 is 0 Å². The first-order chi connectivity index (χ1) is 23.3. The van der Waals surface area contributed by atoms with Gasteiger partial charge in [0.25, 0.3) is 11.5 Å². The van der Waals surface area contributed by atoms with E-state index in [9.17, 15) is 14.9 Å². The third kappa shape index (κ3) is 6.57. The van der Waals surface area contributed by atoms with Crippen molar-refractivity contribution in [2.24, 2.45) is 4.99 Å². The van der Waals surface area contributed by atoms with Gasteiger partial charge in [-0.05, 0) is 65.9 Å². The number of thiazole rings is 1. The highest BCUT2D eigenvalue weighted by molar-refractivity contribution is 7.07. The minimum Gasteiger partial charge on any atom is -0.493 e. The third-order valence-electron chi connectivity index (χ3n) is 8.22. The number of rotatable bonds is 9. The van der Waals surface area contributed by atoms with E-state index >= 15 is 0 Å². The first-order valence-corrected chi connectivity index (χ1v) is 16.4. The van der Waals surface area contributed by atoms with E-state index in [-0.39, 0.29) is 18.1 Å². The number of carbonyl (C=O) groups is 1. The van der Waals surface area contributed by atoms with Crippen molar-refractivity contribution in [3.8, 4) is 17.6 Å². The molecular formula is C39H34N4O4S. The van der Waals surface area contributed by atoms with Gasteiger partial charge in [-0.25, -0.2) is 4.99 Å². The zero-order valence-corrected chi connectivity index (χ0v) is 27.9. The molecule has 0 saturated heterocycles. The summed E-state index contributed by atoms with van der Waals surface area (Å²) < 4.78 is 13.7. The molecule has 240 valence electrons. The number of para-hydroxylation sites is 1. The van der Waals surface area contributed by atoms with E-state index in [0.29, 0.717) is 49.3 Å². The molecule has 4 aromatic carbocycles. The third-order valence-corrected chi connectivity index (χ3v) is 9.21. The van der Waals surface area contributed by atoms with Crippen molar-refractivity contribution in [1.29, 1.82) is 5.26 Å². The van der Waals surface area contributed by atoms with Gasteiger partial charge in [0.15, 0.2) is 16.3 Å². The second-order valence-electron chi connectivity index (χ2n) is 11.7. The standard InChI is InChI=1S/C39H34N4O4S/c1-24(2)27-15-17-28(18-16-27)36-35(37(44)42-31-12-6-5-7-13-31)25(3)41-39-43(36)38(45)34(48-39)21-26-14-19-32(33(20-26)46-4)47-23-30-11-9-8-10-29(30)22-40/h5-21,24,36H,23H2,1-4H3,(H,42,44)/b34-21+/t36-/m0/s1. The van der Waals surface area contributed by atoms with Crippen molar-refractivity contribution < 1.29 is 14.3 Å². The summed E-state index contributed by atoms with van der Waals surface area (Å²) in [5, 5.41) is 12.4. The van der Waals surface area contributed by atoms with E-state index in [2.05, 4.69) is 25.2 Å². The molecule has 0 unspecified atom stereocenters. The summed E-state index contributed by atoms with van der Waals surface area (Å²) in [4.78, 5) is 33.3. The zero-order valence-electron chi connectivity index (χ0n) is 27.1. The van der Waals surface area contributed by atoms with Crippen LogP contribution < -0.4 is 29.7 Å². The van der Waals surface area contributed by atoms with Gasteiger partial charge in [0.1, 0.15) is 6.61 Å². The number of nitrogens with zero attached hydrogens (tertiary/aromatic N) is 3. The molecule has 1 aromatic heterocycles. The molecule has 6 rings (SSSR count). The highest BCUT2D eigenvalue weighted by atomic mass is 32.1. The molecule has 48 heavy (non-hydrogen) atoms. The number of allylic oxidation sites excluding steroid dienone is 1. The highest BCUT2D eigenvalue weighted by Gasteiger charge is 2.32. The summed E-state index contributed by atoms with van der Waals surface area (Å²) in [6, 6.07) is 31.5. The number of anilines is 1. The van der Waals surface area contributed by atoms with E-state index < -0.39 is 6.04 Å². The number of ether oxygens (including phenoxy) is 2. The molecule has 9 heteroatoms. The average Bonchev–Trinajstić information content (AvgIpc) is 3.40. The lowest BCUT2D eigenvalue weighted by Crippen LogP contribution is -2.40. The van der Waals surface area contributed by atoms with Crippen LogP contribution in [-0.2, 0) is 11.4 Å². The number of nitrogens with one attached hydrogen (secondary N) is 1. The molecule has 0 saturated carbocycles. The SMILES string of the molecule is COc1cc(/C=c2/sc3n(c2=O)[C@@H](c2ccc(C(C)C)cc2)C(C(=O)Nc2ccccc2)=C(C)N=3)ccc1OCc1ccccc1C#N. The molecule has 0 bridgehead atoms. The smallest absolute Gasteiger partial charge is 0.271 e. The largest absolute Gasteiger partial charge is 0.493 e. The van der Waals surface area contributed by atoms with Crippen molar-refractivity contribution in [3.05, 3.63) is 156 Å². The van der Waals surface area contributed by atoms with E-state index in [4.69, 9.17) is 14.5 Å². The van der Waals surface area contributed by atoms with Gasteiger partial charge in [0.2, 0.25) is 0 Å². The lowest BCUT2D eigenvalue weighted by Gasteiger charge is -2.25. The molecule has 0 aliphatic carbocycles. The summed E-state index contributed by atoms with van der Waals surface area (Å²) in [7, 11) is 1.55. The molecule has 1 amide bonds. The first-order valence-electron chi connectivity index (χ1n) is 15.5. The van der Waals surface area contributed by atoms with E-state index in [1.165, 1.54) is 11.3 Å². The summed E-state index contributed by atoms with van der Waals surface area (Å²) >= 11 is 1.27. The summed E-state index contributed by atoms with van der Waals surface area (Å²) in [5.41, 5.74) is 5.41. The second-order valence-corrected chi connectivity index (χ2v) is 12.7. The number of aromatic nitrogens is 1. The van der Waals surface area contributed by atoms with Gasteiger partial charge in [-0.2, -0.15) is 5.26 Å². The van der Waals surface area contributed by atoms with Crippen LogP contribution in [0.25, 0.3) is 6.08 Å². The maximum absolute atomic E-state index is 14.2. The Morgan fingerprint density at radius 2 is 1.75 bits per heavy atom. The predicted octanol–water partition coefficient (Wildman–Crippen LogP) is 6.46. The predicted molar refractivity (Wildman–Crippen MR) is 188 cm³/mol. The Labute approximate surface area is 282 Å². The normalized spacial score (nSPS) is 14.2. The van der Waals surface area contributed by atoms with Crippen LogP contribution in [0, 0.1) is 11.3 Å². The number of amides is 1. The highest BCUT2D eigenvalue weighted by Crippen LogP contribution is 2.32. The van der Waals surface area contributed by atoms with Gasteiger partial charge < -0.3 is 14.8 Å². The molecule has 1 aliphatic heterocycles. The monoisotopic (exact) mass is 654 g/mol. The summed E-state index contributed by atoms with van der Waals surface area (Å²) in [5.74, 6) is 1.02. The number of fused-ring (bicyclic) bond motifs is 1.